The number of aryl methyl sites for hydroxylation is 1. The van der Waals surface area contributed by atoms with E-state index in [0.29, 0.717) is 0 Å². The van der Waals surface area contributed by atoms with Crippen LogP contribution in [-0.2, 0) is 0 Å². The van der Waals surface area contributed by atoms with Crippen molar-refractivity contribution in [3.05, 3.63) is 218 Å². The Balaban J connectivity index is 1.20. The molecule has 280 valence electrons. The van der Waals surface area contributed by atoms with Gasteiger partial charge in [0.2, 0.25) is 0 Å². The summed E-state index contributed by atoms with van der Waals surface area (Å²) in [6, 6.07) is 77.8. The first-order valence-electron chi connectivity index (χ1n) is 20.7. The Hall–Kier alpha value is -7.81. The lowest BCUT2D eigenvalue weighted by atomic mass is 9.91. The van der Waals surface area contributed by atoms with Crippen LogP contribution in [-0.4, -0.2) is 9.55 Å². The van der Waals surface area contributed by atoms with Crippen LogP contribution < -0.4 is 0 Å². The van der Waals surface area contributed by atoms with Gasteiger partial charge in [-0.15, -0.1) is 0 Å². The molecule has 12 rings (SSSR count). The fourth-order valence-electron chi connectivity index (χ4n) is 9.38. The molecule has 0 amide bonds. The number of rotatable bonds is 5. The molecular formula is C58H38N2. The second-order valence-electron chi connectivity index (χ2n) is 16.0. The highest BCUT2D eigenvalue weighted by Crippen LogP contribution is 2.43. The maximum absolute atomic E-state index is 5.28. The molecule has 2 nitrogen and oxygen atoms in total. The van der Waals surface area contributed by atoms with Crippen LogP contribution in [0.25, 0.3) is 115 Å². The zero-order valence-corrected chi connectivity index (χ0v) is 33.1. The summed E-state index contributed by atoms with van der Waals surface area (Å²) in [5, 5.41) is 12.5. The lowest BCUT2D eigenvalue weighted by molar-refractivity contribution is 1.16. The van der Waals surface area contributed by atoms with E-state index in [0.717, 1.165) is 39.2 Å². The Morgan fingerprint density at radius 3 is 1.53 bits per heavy atom. The van der Waals surface area contributed by atoms with Gasteiger partial charge in [-0.2, -0.15) is 0 Å². The summed E-state index contributed by atoms with van der Waals surface area (Å²) in [4.78, 5) is 5.28. The van der Waals surface area contributed by atoms with Gasteiger partial charge in [0.25, 0.3) is 0 Å². The number of pyridine rings is 1. The predicted molar refractivity (Wildman–Crippen MR) is 255 cm³/mol. The van der Waals surface area contributed by atoms with Crippen LogP contribution in [0.4, 0.5) is 0 Å². The summed E-state index contributed by atoms with van der Waals surface area (Å²) in [7, 11) is 0. The van der Waals surface area contributed by atoms with E-state index in [1.807, 2.05) is 0 Å². The molecule has 2 heterocycles. The Morgan fingerprint density at radius 2 is 0.800 bits per heavy atom. The quantitative estimate of drug-likeness (QED) is 0.160. The minimum atomic E-state index is 0.940. The van der Waals surface area contributed by atoms with Crippen molar-refractivity contribution in [2.45, 2.75) is 6.92 Å². The highest BCUT2D eigenvalue weighted by atomic mass is 15.0. The van der Waals surface area contributed by atoms with Gasteiger partial charge in [-0.1, -0.05) is 169 Å². The molecule has 0 radical (unpaired) electrons. The summed E-state index contributed by atoms with van der Waals surface area (Å²) in [5.41, 5.74) is 13.5. The van der Waals surface area contributed by atoms with Gasteiger partial charge in [-0.3, -0.25) is 0 Å². The second kappa shape index (κ2) is 13.7. The summed E-state index contributed by atoms with van der Waals surface area (Å²) >= 11 is 0. The van der Waals surface area contributed by atoms with E-state index in [9.17, 15) is 0 Å². The molecule has 0 fully saturated rings. The predicted octanol–water partition coefficient (Wildman–Crippen LogP) is 15.8. The van der Waals surface area contributed by atoms with E-state index < -0.39 is 0 Å². The van der Waals surface area contributed by atoms with Crippen molar-refractivity contribution in [3.8, 4) is 50.5 Å². The van der Waals surface area contributed by atoms with E-state index in [1.54, 1.807) is 0 Å². The van der Waals surface area contributed by atoms with Gasteiger partial charge in [0.05, 0.1) is 28.1 Å². The second-order valence-corrected chi connectivity index (χ2v) is 16.0. The number of nitrogens with zero attached hydrogens (tertiary/aromatic N) is 2. The van der Waals surface area contributed by atoms with Gasteiger partial charge in [0, 0.05) is 21.9 Å². The average molecular weight is 763 g/mol. The van der Waals surface area contributed by atoms with Gasteiger partial charge in [0.1, 0.15) is 0 Å². The minimum absolute atomic E-state index is 0.940. The number of hydrogen-bond acceptors (Lipinski definition) is 1. The number of fused-ring (bicyclic) bond motifs is 10. The first-order chi connectivity index (χ1) is 29.6. The maximum Gasteiger partial charge on any atom is 0.0730 e. The van der Waals surface area contributed by atoms with Crippen molar-refractivity contribution in [3.63, 3.8) is 0 Å². The summed E-state index contributed by atoms with van der Waals surface area (Å²) < 4.78 is 2.47. The van der Waals surface area contributed by atoms with Gasteiger partial charge < -0.3 is 4.57 Å². The molecule has 2 heteroatoms. The molecule has 12 aromatic rings. The molecule has 0 bridgehead atoms. The van der Waals surface area contributed by atoms with E-state index in [-0.39, 0.29) is 0 Å². The molecule has 0 atom stereocenters. The highest BCUT2D eigenvalue weighted by Gasteiger charge is 2.20. The van der Waals surface area contributed by atoms with E-state index >= 15 is 0 Å². The van der Waals surface area contributed by atoms with Crippen LogP contribution in [0.1, 0.15) is 5.56 Å². The molecule has 0 aliphatic rings. The third-order valence-corrected chi connectivity index (χ3v) is 12.4. The Kier molecular flexibility index (Phi) is 7.79. The minimum Gasteiger partial charge on any atom is -0.309 e. The lowest BCUT2D eigenvalue weighted by Crippen LogP contribution is -1.98. The smallest absolute Gasteiger partial charge is 0.0730 e. The molecule has 2 aromatic heterocycles. The molecule has 0 unspecified atom stereocenters. The topological polar surface area (TPSA) is 17.8 Å². The van der Waals surface area contributed by atoms with Gasteiger partial charge >= 0.3 is 0 Å². The molecule has 0 aliphatic carbocycles. The first kappa shape index (κ1) is 34.3. The molecule has 0 saturated heterocycles. The lowest BCUT2D eigenvalue weighted by Gasteiger charge is -2.15. The largest absolute Gasteiger partial charge is 0.309 e. The van der Waals surface area contributed by atoms with Crippen molar-refractivity contribution in [1.29, 1.82) is 0 Å². The monoisotopic (exact) mass is 762 g/mol. The van der Waals surface area contributed by atoms with Gasteiger partial charge in [-0.05, 0) is 121 Å². The van der Waals surface area contributed by atoms with Crippen molar-refractivity contribution < 1.29 is 0 Å². The zero-order valence-electron chi connectivity index (χ0n) is 33.1. The van der Waals surface area contributed by atoms with Crippen LogP contribution in [0.2, 0.25) is 0 Å². The molecule has 0 spiro atoms. The fourth-order valence-corrected chi connectivity index (χ4v) is 9.38. The molecule has 0 saturated carbocycles. The number of benzene rings is 10. The van der Waals surface area contributed by atoms with Crippen LogP contribution in [0, 0.1) is 6.92 Å². The third-order valence-electron chi connectivity index (χ3n) is 12.4. The van der Waals surface area contributed by atoms with Gasteiger partial charge in [0.15, 0.2) is 0 Å². The third kappa shape index (κ3) is 5.61. The summed E-state index contributed by atoms with van der Waals surface area (Å²) in [5.74, 6) is 0. The van der Waals surface area contributed by atoms with Crippen molar-refractivity contribution >= 4 is 64.9 Å². The van der Waals surface area contributed by atoms with Crippen molar-refractivity contribution in [2.24, 2.45) is 0 Å². The standard InChI is InChI=1S/C58H38N2/c1-37-20-22-39(23-21-37)44-26-28-49-47-18-10-11-19-48(47)51-35-54-53-32-45(43-25-24-38-12-8-9-17-42(38)30-43)27-29-57(53)60(58(54)36-52(51)50(49)31-44)46-33-55(40-13-4-2-5-14-40)59-56(34-46)41-15-6-3-7-16-41/h2-36H,1H3. The summed E-state index contributed by atoms with van der Waals surface area (Å²) in [6.07, 6.45) is 0. The molecule has 60 heavy (non-hydrogen) atoms. The van der Waals surface area contributed by atoms with E-state index in [2.05, 4.69) is 224 Å². The molecule has 10 aromatic carbocycles. The molecule has 0 aliphatic heterocycles. The Morgan fingerprint density at radius 1 is 0.300 bits per heavy atom. The maximum atomic E-state index is 5.28. The normalized spacial score (nSPS) is 11.8. The average Bonchev–Trinajstić information content (AvgIpc) is 3.64. The highest BCUT2D eigenvalue weighted by molar-refractivity contribution is 6.29. The van der Waals surface area contributed by atoms with Crippen LogP contribution in [0.15, 0.2) is 212 Å². The molecular weight excluding hydrogens is 725 g/mol. The Bertz CT molecular complexity index is 3580. The number of aromatic nitrogens is 2. The zero-order chi connectivity index (χ0) is 39.7. The SMILES string of the molecule is Cc1ccc(-c2ccc3c4ccccc4c4cc5c6cc(-c7ccc8ccccc8c7)ccc6n(-c6cc(-c7ccccc7)nc(-c7ccccc7)c6)c5cc4c3c2)cc1. The number of hydrogen-bond donors (Lipinski definition) is 0. The Labute approximate surface area is 348 Å². The summed E-state index contributed by atoms with van der Waals surface area (Å²) in [6.45, 7) is 2.15. The van der Waals surface area contributed by atoms with E-state index in [1.165, 1.54) is 81.7 Å². The molecule has 0 N–H and O–H groups in total. The van der Waals surface area contributed by atoms with E-state index in [4.69, 9.17) is 4.98 Å². The van der Waals surface area contributed by atoms with Crippen LogP contribution in [0.5, 0.6) is 0 Å². The van der Waals surface area contributed by atoms with Gasteiger partial charge in [-0.25, -0.2) is 4.98 Å². The van der Waals surface area contributed by atoms with Crippen molar-refractivity contribution in [2.75, 3.05) is 0 Å². The van der Waals surface area contributed by atoms with Crippen LogP contribution >= 0.6 is 0 Å². The first-order valence-corrected chi connectivity index (χ1v) is 20.7. The van der Waals surface area contributed by atoms with Crippen molar-refractivity contribution in [1.82, 2.24) is 9.55 Å². The van der Waals surface area contributed by atoms with Crippen LogP contribution in [0.3, 0.4) is 0 Å². The fraction of sp³-hybridized carbons (Fsp3) is 0.0172.